The van der Waals surface area contributed by atoms with Gasteiger partial charge in [0.25, 0.3) is 0 Å². The number of nitrogens with zero attached hydrogens (tertiary/aromatic N) is 4. The van der Waals surface area contributed by atoms with Crippen molar-refractivity contribution in [2.24, 2.45) is 0 Å². The minimum absolute atomic E-state index is 0.145. The van der Waals surface area contributed by atoms with Crippen molar-refractivity contribution in [3.05, 3.63) is 66.4 Å². The van der Waals surface area contributed by atoms with Gasteiger partial charge in [0.05, 0.1) is 25.8 Å². The van der Waals surface area contributed by atoms with Crippen molar-refractivity contribution in [1.82, 2.24) is 19.9 Å². The van der Waals surface area contributed by atoms with E-state index in [4.69, 9.17) is 4.74 Å². The molecule has 1 aliphatic rings. The smallest absolute Gasteiger partial charge is 0.227 e. The Morgan fingerprint density at radius 1 is 1.15 bits per heavy atom. The number of aromatic nitrogens is 3. The van der Waals surface area contributed by atoms with Crippen LogP contribution in [0, 0.1) is 0 Å². The Hall–Kier alpha value is -3.15. The van der Waals surface area contributed by atoms with Crippen LogP contribution in [0.2, 0.25) is 0 Å². The molecular weight excluding hydrogens is 340 g/mol. The van der Waals surface area contributed by atoms with Gasteiger partial charge in [0.2, 0.25) is 5.91 Å². The van der Waals surface area contributed by atoms with E-state index in [0.29, 0.717) is 13.0 Å². The van der Waals surface area contributed by atoms with Gasteiger partial charge in [0.15, 0.2) is 0 Å². The van der Waals surface area contributed by atoms with Gasteiger partial charge in [-0.3, -0.25) is 4.79 Å². The van der Waals surface area contributed by atoms with Crippen LogP contribution < -0.4 is 4.74 Å². The standard InChI is InChI=1S/C21H22N4O2/c1-27-19-9-7-16(8-10-19)13-21(26)24-12-11-18(14-24)25-15-20(22-23-25)17-5-3-2-4-6-17/h2-10,15,18H,11-14H2,1H3. The third-order valence-electron chi connectivity index (χ3n) is 4.98. The maximum absolute atomic E-state index is 12.6. The molecule has 0 N–H and O–H groups in total. The zero-order valence-electron chi connectivity index (χ0n) is 15.3. The number of amides is 1. The summed E-state index contributed by atoms with van der Waals surface area (Å²) in [6.45, 7) is 1.42. The molecule has 0 aliphatic carbocycles. The molecule has 6 heteroatoms. The monoisotopic (exact) mass is 362 g/mol. The molecule has 1 aromatic heterocycles. The van der Waals surface area contributed by atoms with E-state index in [1.807, 2.05) is 70.4 Å². The fourth-order valence-electron chi connectivity index (χ4n) is 3.41. The van der Waals surface area contributed by atoms with E-state index >= 15 is 0 Å². The number of methoxy groups -OCH3 is 1. The van der Waals surface area contributed by atoms with Crippen LogP contribution in [-0.2, 0) is 11.2 Å². The molecular formula is C21H22N4O2. The largest absolute Gasteiger partial charge is 0.497 e. The van der Waals surface area contributed by atoms with Crippen molar-refractivity contribution in [3.63, 3.8) is 0 Å². The maximum atomic E-state index is 12.6. The Kier molecular flexibility index (Phi) is 4.87. The molecule has 1 aliphatic heterocycles. The van der Waals surface area contributed by atoms with Crippen LogP contribution in [0.15, 0.2) is 60.8 Å². The number of likely N-dealkylation sites (tertiary alicyclic amines) is 1. The van der Waals surface area contributed by atoms with Gasteiger partial charge < -0.3 is 9.64 Å². The Morgan fingerprint density at radius 2 is 1.93 bits per heavy atom. The normalized spacial score (nSPS) is 16.5. The quantitative estimate of drug-likeness (QED) is 0.700. The summed E-state index contributed by atoms with van der Waals surface area (Å²) >= 11 is 0. The number of benzene rings is 2. The van der Waals surface area contributed by atoms with Crippen molar-refractivity contribution >= 4 is 5.91 Å². The van der Waals surface area contributed by atoms with Crippen molar-refractivity contribution in [2.75, 3.05) is 20.2 Å². The van der Waals surface area contributed by atoms with Gasteiger partial charge in [-0.25, -0.2) is 4.68 Å². The highest BCUT2D eigenvalue weighted by Crippen LogP contribution is 2.24. The second-order valence-corrected chi connectivity index (χ2v) is 6.76. The molecule has 1 atom stereocenters. The number of carbonyl (C=O) groups is 1. The lowest BCUT2D eigenvalue weighted by Crippen LogP contribution is -2.30. The molecule has 2 aromatic carbocycles. The SMILES string of the molecule is COc1ccc(CC(=O)N2CCC(n3cc(-c4ccccc4)nn3)C2)cc1. The molecule has 4 rings (SSSR count). The zero-order valence-corrected chi connectivity index (χ0v) is 15.3. The Morgan fingerprint density at radius 3 is 2.67 bits per heavy atom. The van der Waals surface area contributed by atoms with Crippen molar-refractivity contribution in [1.29, 1.82) is 0 Å². The average molecular weight is 362 g/mol. The summed E-state index contributed by atoms with van der Waals surface area (Å²) in [5.41, 5.74) is 2.91. The summed E-state index contributed by atoms with van der Waals surface area (Å²) in [5.74, 6) is 0.943. The first-order valence-electron chi connectivity index (χ1n) is 9.11. The number of hydrogen-bond acceptors (Lipinski definition) is 4. The molecule has 0 spiro atoms. The first kappa shape index (κ1) is 17.3. The summed E-state index contributed by atoms with van der Waals surface area (Å²) in [6.07, 6.45) is 3.27. The van der Waals surface area contributed by atoms with Gasteiger partial charge in [0, 0.05) is 18.7 Å². The predicted molar refractivity (Wildman–Crippen MR) is 102 cm³/mol. The molecule has 3 aromatic rings. The first-order valence-corrected chi connectivity index (χ1v) is 9.11. The van der Waals surface area contributed by atoms with E-state index in [-0.39, 0.29) is 11.9 Å². The maximum Gasteiger partial charge on any atom is 0.227 e. The molecule has 1 saturated heterocycles. The molecule has 0 saturated carbocycles. The molecule has 1 unspecified atom stereocenters. The van der Waals surface area contributed by atoms with Crippen LogP contribution in [0.5, 0.6) is 5.75 Å². The number of hydrogen-bond donors (Lipinski definition) is 0. The van der Waals surface area contributed by atoms with E-state index in [1.165, 1.54) is 0 Å². The fraction of sp³-hybridized carbons (Fsp3) is 0.286. The van der Waals surface area contributed by atoms with E-state index in [2.05, 4.69) is 10.3 Å². The minimum Gasteiger partial charge on any atom is -0.497 e. The fourth-order valence-corrected chi connectivity index (χ4v) is 3.41. The predicted octanol–water partition coefficient (Wildman–Crippen LogP) is 2.97. The first-order chi connectivity index (χ1) is 13.2. The molecule has 6 nitrogen and oxygen atoms in total. The second kappa shape index (κ2) is 7.61. The zero-order chi connectivity index (χ0) is 18.6. The Bertz CT molecular complexity index is 905. The summed E-state index contributed by atoms with van der Waals surface area (Å²) < 4.78 is 7.05. The lowest BCUT2D eigenvalue weighted by atomic mass is 10.1. The van der Waals surface area contributed by atoms with E-state index < -0.39 is 0 Å². The molecule has 1 fully saturated rings. The van der Waals surface area contributed by atoms with Gasteiger partial charge in [-0.1, -0.05) is 47.7 Å². The molecule has 2 heterocycles. The second-order valence-electron chi connectivity index (χ2n) is 6.76. The lowest BCUT2D eigenvalue weighted by molar-refractivity contribution is -0.129. The lowest BCUT2D eigenvalue weighted by Gasteiger charge is -2.16. The van der Waals surface area contributed by atoms with Crippen LogP contribution >= 0.6 is 0 Å². The Balaban J connectivity index is 1.38. The van der Waals surface area contributed by atoms with E-state index in [1.54, 1.807) is 7.11 Å². The molecule has 27 heavy (non-hydrogen) atoms. The van der Waals surface area contributed by atoms with Crippen molar-refractivity contribution in [3.8, 4) is 17.0 Å². The van der Waals surface area contributed by atoms with Gasteiger partial charge in [-0.2, -0.15) is 0 Å². The minimum atomic E-state index is 0.145. The van der Waals surface area contributed by atoms with E-state index in [9.17, 15) is 4.79 Å². The molecule has 138 valence electrons. The van der Waals surface area contributed by atoms with Crippen LogP contribution in [0.4, 0.5) is 0 Å². The van der Waals surface area contributed by atoms with Crippen LogP contribution in [0.3, 0.4) is 0 Å². The number of rotatable bonds is 5. The van der Waals surface area contributed by atoms with Crippen LogP contribution in [0.1, 0.15) is 18.0 Å². The molecule has 1 amide bonds. The number of carbonyl (C=O) groups excluding carboxylic acids is 1. The molecule has 0 radical (unpaired) electrons. The highest BCUT2D eigenvalue weighted by atomic mass is 16.5. The third kappa shape index (κ3) is 3.84. The van der Waals surface area contributed by atoms with Crippen LogP contribution in [-0.4, -0.2) is 46.0 Å². The highest BCUT2D eigenvalue weighted by molar-refractivity contribution is 5.79. The highest BCUT2D eigenvalue weighted by Gasteiger charge is 2.28. The average Bonchev–Trinajstić information content (AvgIpc) is 3.39. The van der Waals surface area contributed by atoms with Gasteiger partial charge >= 0.3 is 0 Å². The number of ether oxygens (including phenoxy) is 1. The van der Waals surface area contributed by atoms with Crippen molar-refractivity contribution < 1.29 is 9.53 Å². The molecule has 0 bridgehead atoms. The summed E-state index contributed by atoms with van der Waals surface area (Å²) in [4.78, 5) is 14.5. The van der Waals surface area contributed by atoms with Gasteiger partial charge in [-0.05, 0) is 24.1 Å². The van der Waals surface area contributed by atoms with Gasteiger partial charge in [-0.15, -0.1) is 5.10 Å². The van der Waals surface area contributed by atoms with Crippen LogP contribution in [0.25, 0.3) is 11.3 Å². The third-order valence-corrected chi connectivity index (χ3v) is 4.98. The van der Waals surface area contributed by atoms with E-state index in [0.717, 1.165) is 35.5 Å². The Labute approximate surface area is 158 Å². The van der Waals surface area contributed by atoms with Gasteiger partial charge in [0.1, 0.15) is 11.4 Å². The summed E-state index contributed by atoms with van der Waals surface area (Å²) in [6, 6.07) is 17.8. The van der Waals surface area contributed by atoms with Crippen molar-refractivity contribution in [2.45, 2.75) is 18.9 Å². The summed E-state index contributed by atoms with van der Waals surface area (Å²) in [7, 11) is 1.64. The summed E-state index contributed by atoms with van der Waals surface area (Å²) in [5, 5.41) is 8.57. The topological polar surface area (TPSA) is 60.2 Å².